The van der Waals surface area contributed by atoms with Crippen LogP contribution in [0.15, 0.2) is 48.2 Å². The molecule has 2 heterocycles. The standard InChI is InChI=1S/C23H32N4O3/c1-4-11-26-12-14-27(15-13-26)16-19-20(22(28)30-6-3)21(25-23(29)24-19)18-9-7-17(5-2)8-10-18/h4,7-10,21H,1,5-6,11-16H2,2-3H3,(H2,24,25,29)/t21-/m1/s1. The van der Waals surface area contributed by atoms with Crippen molar-refractivity contribution in [3.8, 4) is 0 Å². The Balaban J connectivity index is 1.87. The van der Waals surface area contributed by atoms with Crippen molar-refractivity contribution >= 4 is 12.0 Å². The monoisotopic (exact) mass is 412 g/mol. The molecule has 1 fully saturated rings. The normalized spacial score (nSPS) is 20.5. The number of benzene rings is 1. The summed E-state index contributed by atoms with van der Waals surface area (Å²) in [5.41, 5.74) is 3.19. The van der Waals surface area contributed by atoms with Gasteiger partial charge in [-0.1, -0.05) is 37.3 Å². The molecule has 1 atom stereocenters. The number of nitrogens with zero attached hydrogens (tertiary/aromatic N) is 2. The minimum absolute atomic E-state index is 0.283. The Morgan fingerprint density at radius 2 is 1.83 bits per heavy atom. The summed E-state index contributed by atoms with van der Waals surface area (Å²) in [5.74, 6) is -0.394. The van der Waals surface area contributed by atoms with Crippen LogP contribution in [0.25, 0.3) is 0 Å². The molecule has 0 radical (unpaired) electrons. The largest absolute Gasteiger partial charge is 0.463 e. The molecule has 0 unspecified atom stereocenters. The summed E-state index contributed by atoms with van der Waals surface area (Å²) in [4.78, 5) is 29.9. The number of ether oxygens (including phenoxy) is 1. The first-order chi connectivity index (χ1) is 14.5. The van der Waals surface area contributed by atoms with Crippen LogP contribution in [-0.2, 0) is 16.0 Å². The lowest BCUT2D eigenvalue weighted by atomic mass is 9.94. The first-order valence-corrected chi connectivity index (χ1v) is 10.7. The van der Waals surface area contributed by atoms with Crippen LogP contribution < -0.4 is 10.6 Å². The maximum atomic E-state index is 12.9. The van der Waals surface area contributed by atoms with E-state index in [2.05, 4.69) is 33.9 Å². The van der Waals surface area contributed by atoms with E-state index in [1.165, 1.54) is 5.56 Å². The van der Waals surface area contributed by atoms with Crippen molar-refractivity contribution in [2.45, 2.75) is 26.3 Å². The zero-order valence-corrected chi connectivity index (χ0v) is 17.9. The van der Waals surface area contributed by atoms with Crippen LogP contribution in [0.4, 0.5) is 4.79 Å². The molecule has 2 aliphatic heterocycles. The predicted octanol–water partition coefficient (Wildman–Crippen LogP) is 2.22. The SMILES string of the molecule is C=CCN1CCN(CC2=C(C(=O)OCC)[C@@H](c3ccc(CC)cc3)NC(=O)N2)CC1. The molecule has 0 spiro atoms. The summed E-state index contributed by atoms with van der Waals surface area (Å²) in [6.45, 7) is 13.0. The summed E-state index contributed by atoms with van der Waals surface area (Å²) in [6, 6.07) is 7.18. The highest BCUT2D eigenvalue weighted by molar-refractivity contribution is 5.95. The van der Waals surface area contributed by atoms with Gasteiger partial charge < -0.3 is 15.4 Å². The number of urea groups is 1. The van der Waals surface area contributed by atoms with Crippen molar-refractivity contribution in [3.05, 3.63) is 59.3 Å². The zero-order chi connectivity index (χ0) is 21.5. The first-order valence-electron chi connectivity index (χ1n) is 10.7. The second-order valence-electron chi connectivity index (χ2n) is 7.60. The van der Waals surface area contributed by atoms with E-state index in [0.29, 0.717) is 17.8 Å². The second kappa shape index (κ2) is 10.4. The van der Waals surface area contributed by atoms with E-state index < -0.39 is 12.0 Å². The minimum Gasteiger partial charge on any atom is -0.463 e. The highest BCUT2D eigenvalue weighted by Crippen LogP contribution is 2.28. The van der Waals surface area contributed by atoms with Crippen molar-refractivity contribution < 1.29 is 14.3 Å². The van der Waals surface area contributed by atoms with Crippen LogP contribution >= 0.6 is 0 Å². The number of hydrogen-bond acceptors (Lipinski definition) is 5. The number of aryl methyl sites for hydroxylation is 1. The third-order valence-corrected chi connectivity index (χ3v) is 5.60. The minimum atomic E-state index is -0.527. The Hall–Kier alpha value is -2.64. The summed E-state index contributed by atoms with van der Waals surface area (Å²) >= 11 is 0. The van der Waals surface area contributed by atoms with Crippen LogP contribution in [0.5, 0.6) is 0 Å². The van der Waals surface area contributed by atoms with E-state index in [0.717, 1.165) is 44.7 Å². The van der Waals surface area contributed by atoms with Crippen molar-refractivity contribution in [3.63, 3.8) is 0 Å². The summed E-state index contributed by atoms with van der Waals surface area (Å²) in [5, 5.41) is 5.77. The molecule has 2 aliphatic rings. The highest BCUT2D eigenvalue weighted by Gasteiger charge is 2.34. The number of nitrogens with one attached hydrogen (secondary N) is 2. The highest BCUT2D eigenvalue weighted by atomic mass is 16.5. The van der Waals surface area contributed by atoms with Crippen LogP contribution in [0.2, 0.25) is 0 Å². The molecular weight excluding hydrogens is 380 g/mol. The van der Waals surface area contributed by atoms with Gasteiger partial charge in [0.1, 0.15) is 0 Å². The Labute approximate surface area is 178 Å². The average molecular weight is 413 g/mol. The fourth-order valence-corrected chi connectivity index (χ4v) is 3.92. The molecule has 2 N–H and O–H groups in total. The number of hydrogen-bond donors (Lipinski definition) is 2. The summed E-state index contributed by atoms with van der Waals surface area (Å²) in [7, 11) is 0. The molecule has 0 bridgehead atoms. The predicted molar refractivity (Wildman–Crippen MR) is 117 cm³/mol. The van der Waals surface area contributed by atoms with Crippen LogP contribution in [0.1, 0.15) is 31.0 Å². The average Bonchev–Trinajstić information content (AvgIpc) is 2.75. The zero-order valence-electron chi connectivity index (χ0n) is 17.9. The van der Waals surface area contributed by atoms with Crippen molar-refractivity contribution in [2.75, 3.05) is 45.9 Å². The van der Waals surface area contributed by atoms with Gasteiger partial charge in [-0.05, 0) is 24.5 Å². The summed E-state index contributed by atoms with van der Waals surface area (Å²) in [6.07, 6.45) is 2.85. The number of amides is 2. The lowest BCUT2D eigenvalue weighted by molar-refractivity contribution is -0.139. The van der Waals surface area contributed by atoms with Crippen molar-refractivity contribution in [1.82, 2.24) is 20.4 Å². The number of carbonyl (C=O) groups excluding carboxylic acids is 2. The molecule has 1 aromatic carbocycles. The second-order valence-corrected chi connectivity index (χ2v) is 7.60. The van der Waals surface area contributed by atoms with Crippen molar-refractivity contribution in [2.24, 2.45) is 0 Å². The van der Waals surface area contributed by atoms with Crippen LogP contribution in [0, 0.1) is 0 Å². The van der Waals surface area contributed by atoms with Gasteiger partial charge in [-0.15, -0.1) is 6.58 Å². The fourth-order valence-electron chi connectivity index (χ4n) is 3.92. The molecule has 3 rings (SSSR count). The van der Waals surface area contributed by atoms with Gasteiger partial charge >= 0.3 is 12.0 Å². The Morgan fingerprint density at radius 1 is 1.17 bits per heavy atom. The van der Waals surface area contributed by atoms with E-state index in [4.69, 9.17) is 4.74 Å². The van der Waals surface area contributed by atoms with Gasteiger partial charge in [0.05, 0.1) is 18.2 Å². The Kier molecular flexibility index (Phi) is 7.65. The van der Waals surface area contributed by atoms with Crippen LogP contribution in [0.3, 0.4) is 0 Å². The molecule has 0 aromatic heterocycles. The number of carbonyl (C=O) groups is 2. The van der Waals surface area contributed by atoms with E-state index in [-0.39, 0.29) is 12.6 Å². The quantitative estimate of drug-likeness (QED) is 0.506. The number of esters is 1. The van der Waals surface area contributed by atoms with Crippen molar-refractivity contribution in [1.29, 1.82) is 0 Å². The van der Waals surface area contributed by atoms with E-state index >= 15 is 0 Å². The molecule has 0 aliphatic carbocycles. The van der Waals surface area contributed by atoms with E-state index in [1.54, 1.807) is 6.92 Å². The lowest BCUT2D eigenvalue weighted by Crippen LogP contribution is -2.51. The van der Waals surface area contributed by atoms with Gasteiger partial charge in [0, 0.05) is 45.0 Å². The molecule has 2 amide bonds. The van der Waals surface area contributed by atoms with Gasteiger partial charge in [-0.25, -0.2) is 9.59 Å². The Morgan fingerprint density at radius 3 is 2.43 bits per heavy atom. The van der Waals surface area contributed by atoms with Crippen LogP contribution in [-0.4, -0.2) is 67.7 Å². The molecule has 30 heavy (non-hydrogen) atoms. The van der Waals surface area contributed by atoms with Gasteiger partial charge in [0.25, 0.3) is 0 Å². The molecule has 0 saturated carbocycles. The molecule has 7 nitrogen and oxygen atoms in total. The van der Waals surface area contributed by atoms with Gasteiger partial charge in [-0.2, -0.15) is 0 Å². The maximum absolute atomic E-state index is 12.9. The smallest absolute Gasteiger partial charge is 0.338 e. The molecule has 1 aromatic rings. The maximum Gasteiger partial charge on any atom is 0.338 e. The Bertz CT molecular complexity index is 795. The topological polar surface area (TPSA) is 73.9 Å². The fraction of sp³-hybridized carbons (Fsp3) is 0.478. The van der Waals surface area contributed by atoms with Gasteiger partial charge in [0.2, 0.25) is 0 Å². The molecule has 7 heteroatoms. The van der Waals surface area contributed by atoms with E-state index in [9.17, 15) is 9.59 Å². The van der Waals surface area contributed by atoms with Gasteiger partial charge in [-0.3, -0.25) is 9.80 Å². The first kappa shape index (κ1) is 22.1. The summed E-state index contributed by atoms with van der Waals surface area (Å²) < 4.78 is 5.36. The molecular formula is C23H32N4O3. The molecule has 1 saturated heterocycles. The number of rotatable bonds is 8. The van der Waals surface area contributed by atoms with E-state index in [1.807, 2.05) is 30.3 Å². The molecule has 162 valence electrons. The third-order valence-electron chi connectivity index (χ3n) is 5.60. The lowest BCUT2D eigenvalue weighted by Gasteiger charge is -2.36. The third kappa shape index (κ3) is 5.29. The van der Waals surface area contributed by atoms with Gasteiger partial charge in [0.15, 0.2) is 0 Å². The number of piperazine rings is 1.